The van der Waals surface area contributed by atoms with Crippen molar-refractivity contribution in [3.8, 4) is 0 Å². The minimum absolute atomic E-state index is 0.0178. The molecule has 1 aliphatic heterocycles. The van der Waals surface area contributed by atoms with Crippen LogP contribution < -0.4 is 10.6 Å². The molecule has 1 atom stereocenters. The van der Waals surface area contributed by atoms with Crippen LogP contribution in [0.25, 0.3) is 0 Å². The predicted molar refractivity (Wildman–Crippen MR) is 71.5 cm³/mol. The third-order valence-corrected chi connectivity index (χ3v) is 3.57. The molecule has 1 fully saturated rings. The van der Waals surface area contributed by atoms with Gasteiger partial charge in [0.2, 0.25) is 0 Å². The summed E-state index contributed by atoms with van der Waals surface area (Å²) in [6.07, 6.45) is -2.50. The van der Waals surface area contributed by atoms with Gasteiger partial charge in [-0.3, -0.25) is 4.90 Å². The van der Waals surface area contributed by atoms with E-state index < -0.39 is 12.1 Å². The predicted octanol–water partition coefficient (Wildman–Crippen LogP) is 1.34. The van der Waals surface area contributed by atoms with Crippen LogP contribution in [0, 0.1) is 5.92 Å². The SMILES string of the molecule is NCC(CN1CCN(c2ccccn2)CC1)C(F)(F)F. The molecule has 0 aliphatic carbocycles. The Labute approximate surface area is 116 Å². The normalized spacial score (nSPS) is 19.1. The summed E-state index contributed by atoms with van der Waals surface area (Å²) in [6.45, 7) is 2.20. The van der Waals surface area contributed by atoms with Gasteiger partial charge in [-0.05, 0) is 12.1 Å². The number of alkyl halides is 3. The van der Waals surface area contributed by atoms with Gasteiger partial charge in [0.1, 0.15) is 5.82 Å². The highest BCUT2D eigenvalue weighted by Gasteiger charge is 2.39. The monoisotopic (exact) mass is 288 g/mol. The topological polar surface area (TPSA) is 45.4 Å². The number of nitrogens with two attached hydrogens (primary N) is 1. The van der Waals surface area contributed by atoms with E-state index in [2.05, 4.69) is 9.88 Å². The van der Waals surface area contributed by atoms with Crippen LogP contribution in [-0.2, 0) is 0 Å². The number of piperazine rings is 1. The molecule has 0 amide bonds. The first-order chi connectivity index (χ1) is 9.50. The Morgan fingerprint density at radius 1 is 1.20 bits per heavy atom. The summed E-state index contributed by atoms with van der Waals surface area (Å²) in [6, 6.07) is 5.66. The number of aromatic nitrogens is 1. The smallest absolute Gasteiger partial charge is 0.354 e. The molecule has 112 valence electrons. The first kappa shape index (κ1) is 15.1. The average Bonchev–Trinajstić information content (AvgIpc) is 2.45. The quantitative estimate of drug-likeness (QED) is 0.908. The van der Waals surface area contributed by atoms with E-state index in [1.165, 1.54) is 0 Å². The molecular weight excluding hydrogens is 269 g/mol. The van der Waals surface area contributed by atoms with Crippen molar-refractivity contribution in [2.45, 2.75) is 6.18 Å². The van der Waals surface area contributed by atoms with E-state index >= 15 is 0 Å². The molecule has 0 radical (unpaired) electrons. The highest BCUT2D eigenvalue weighted by atomic mass is 19.4. The lowest BCUT2D eigenvalue weighted by molar-refractivity contribution is -0.176. The number of anilines is 1. The molecule has 2 rings (SSSR count). The second kappa shape index (κ2) is 6.41. The largest absolute Gasteiger partial charge is 0.394 e. The molecule has 0 spiro atoms. The Balaban J connectivity index is 1.85. The van der Waals surface area contributed by atoms with Gasteiger partial charge in [0, 0.05) is 45.5 Å². The van der Waals surface area contributed by atoms with E-state index in [-0.39, 0.29) is 13.1 Å². The fraction of sp³-hybridized carbons (Fsp3) is 0.615. The standard InChI is InChI=1S/C13H19F3N4/c14-13(15,16)11(9-17)10-19-5-7-20(8-6-19)12-3-1-2-4-18-12/h1-4,11H,5-10,17H2. The summed E-state index contributed by atoms with van der Waals surface area (Å²) in [7, 11) is 0. The first-order valence-electron chi connectivity index (χ1n) is 6.66. The second-order valence-corrected chi connectivity index (χ2v) is 4.95. The van der Waals surface area contributed by atoms with Crippen molar-refractivity contribution in [2.75, 3.05) is 44.2 Å². The molecule has 1 aromatic heterocycles. The lowest BCUT2D eigenvalue weighted by Crippen LogP contribution is -2.50. The van der Waals surface area contributed by atoms with Gasteiger partial charge in [-0.2, -0.15) is 13.2 Å². The highest BCUT2D eigenvalue weighted by molar-refractivity contribution is 5.38. The molecule has 1 aromatic rings. The lowest BCUT2D eigenvalue weighted by Gasteiger charge is -2.37. The number of rotatable bonds is 4. The third-order valence-electron chi connectivity index (χ3n) is 3.57. The number of pyridine rings is 1. The van der Waals surface area contributed by atoms with Crippen LogP contribution in [0.3, 0.4) is 0 Å². The van der Waals surface area contributed by atoms with Gasteiger partial charge in [0.25, 0.3) is 0 Å². The molecule has 0 aromatic carbocycles. The molecule has 0 bridgehead atoms. The minimum Gasteiger partial charge on any atom is -0.354 e. The number of nitrogens with zero attached hydrogens (tertiary/aromatic N) is 3. The maximum absolute atomic E-state index is 12.7. The molecular formula is C13H19F3N4. The van der Waals surface area contributed by atoms with Crippen molar-refractivity contribution in [2.24, 2.45) is 11.7 Å². The number of hydrogen-bond donors (Lipinski definition) is 1. The molecule has 0 saturated carbocycles. The van der Waals surface area contributed by atoms with Crippen LogP contribution in [0.4, 0.5) is 19.0 Å². The van der Waals surface area contributed by atoms with Crippen LogP contribution in [0.1, 0.15) is 0 Å². The zero-order chi connectivity index (χ0) is 14.6. The van der Waals surface area contributed by atoms with E-state index in [9.17, 15) is 13.2 Å². The molecule has 1 unspecified atom stereocenters. The van der Waals surface area contributed by atoms with Gasteiger partial charge >= 0.3 is 6.18 Å². The van der Waals surface area contributed by atoms with Crippen molar-refractivity contribution in [3.05, 3.63) is 24.4 Å². The van der Waals surface area contributed by atoms with Crippen molar-refractivity contribution in [1.82, 2.24) is 9.88 Å². The van der Waals surface area contributed by atoms with Crippen molar-refractivity contribution in [1.29, 1.82) is 0 Å². The van der Waals surface area contributed by atoms with Gasteiger partial charge in [-0.15, -0.1) is 0 Å². The highest BCUT2D eigenvalue weighted by Crippen LogP contribution is 2.26. The lowest BCUT2D eigenvalue weighted by atomic mass is 10.1. The molecule has 20 heavy (non-hydrogen) atoms. The molecule has 4 nitrogen and oxygen atoms in total. The van der Waals surface area contributed by atoms with Crippen molar-refractivity contribution in [3.63, 3.8) is 0 Å². The Morgan fingerprint density at radius 3 is 2.40 bits per heavy atom. The van der Waals surface area contributed by atoms with E-state index in [0.717, 1.165) is 5.82 Å². The zero-order valence-corrected chi connectivity index (χ0v) is 11.2. The summed E-state index contributed by atoms with van der Waals surface area (Å²) in [5, 5.41) is 0. The Kier molecular flexibility index (Phi) is 4.82. The van der Waals surface area contributed by atoms with Crippen LogP contribution in [0.2, 0.25) is 0 Å². The molecule has 7 heteroatoms. The fourth-order valence-electron chi connectivity index (χ4n) is 2.32. The Hall–Kier alpha value is -1.34. The van der Waals surface area contributed by atoms with Crippen LogP contribution in [0.15, 0.2) is 24.4 Å². The van der Waals surface area contributed by atoms with E-state index in [1.54, 1.807) is 6.20 Å². The van der Waals surface area contributed by atoms with Crippen LogP contribution >= 0.6 is 0 Å². The van der Waals surface area contributed by atoms with Gasteiger partial charge in [-0.25, -0.2) is 4.98 Å². The van der Waals surface area contributed by atoms with Gasteiger partial charge in [-0.1, -0.05) is 6.07 Å². The molecule has 2 N–H and O–H groups in total. The maximum Gasteiger partial charge on any atom is 0.394 e. The molecule has 1 aliphatic rings. The first-order valence-corrected chi connectivity index (χ1v) is 6.66. The van der Waals surface area contributed by atoms with Gasteiger partial charge in [0.05, 0.1) is 5.92 Å². The Morgan fingerprint density at radius 2 is 1.90 bits per heavy atom. The van der Waals surface area contributed by atoms with Gasteiger partial charge < -0.3 is 10.6 Å². The Bertz CT molecular complexity index is 402. The fourth-order valence-corrected chi connectivity index (χ4v) is 2.32. The molecule has 2 heterocycles. The summed E-state index contributed by atoms with van der Waals surface area (Å²) >= 11 is 0. The number of halogens is 3. The summed E-state index contributed by atoms with van der Waals surface area (Å²) in [5.74, 6) is -0.567. The third kappa shape index (κ3) is 3.83. The van der Waals surface area contributed by atoms with Crippen molar-refractivity contribution < 1.29 is 13.2 Å². The summed E-state index contributed by atoms with van der Waals surface area (Å²) < 4.78 is 38.1. The van der Waals surface area contributed by atoms with Crippen LogP contribution in [-0.4, -0.2) is 55.3 Å². The van der Waals surface area contributed by atoms with Crippen LogP contribution in [0.5, 0.6) is 0 Å². The number of hydrogen-bond acceptors (Lipinski definition) is 4. The summed E-state index contributed by atoms with van der Waals surface area (Å²) in [5.41, 5.74) is 5.23. The minimum atomic E-state index is -4.22. The van der Waals surface area contributed by atoms with Crippen molar-refractivity contribution >= 4 is 5.82 Å². The maximum atomic E-state index is 12.7. The zero-order valence-electron chi connectivity index (χ0n) is 11.2. The van der Waals surface area contributed by atoms with E-state index in [1.807, 2.05) is 23.1 Å². The van der Waals surface area contributed by atoms with E-state index in [0.29, 0.717) is 26.2 Å². The van der Waals surface area contributed by atoms with Gasteiger partial charge in [0.15, 0.2) is 0 Å². The summed E-state index contributed by atoms with van der Waals surface area (Å²) in [4.78, 5) is 8.16. The van der Waals surface area contributed by atoms with E-state index in [4.69, 9.17) is 5.73 Å². The molecule has 1 saturated heterocycles. The second-order valence-electron chi connectivity index (χ2n) is 4.95. The average molecular weight is 288 g/mol.